The molecule has 0 bridgehead atoms. The Bertz CT molecular complexity index is 3850. The number of carboxylic acid groups (broad SMARTS) is 8. The highest BCUT2D eigenvalue weighted by atomic mass is 127. The molecule has 1 aliphatic rings. The molecule has 5 rings (SSSR count). The minimum Gasteiger partial charge on any atom is -0.481 e. The Morgan fingerprint density at radius 1 is 0.483 bits per heavy atom. The maximum Gasteiger partial charge on any atom is 0.326 e. The van der Waals surface area contributed by atoms with E-state index in [-0.39, 0.29) is 168 Å². The zero-order valence-electron chi connectivity index (χ0n) is 64.2. The van der Waals surface area contributed by atoms with E-state index in [0.717, 1.165) is 14.7 Å². The molecule has 7 amide bonds. The lowest BCUT2D eigenvalue weighted by Gasteiger charge is -2.37. The first-order valence-corrected chi connectivity index (χ1v) is 39.2. The van der Waals surface area contributed by atoms with Crippen LogP contribution < -0.4 is 47.9 Å². The number of hydrogen-bond acceptors (Lipinski definition) is 23. The molecular weight excluding hydrogens is 1660 g/mol. The van der Waals surface area contributed by atoms with Gasteiger partial charge < -0.3 is 103 Å². The number of amides is 7. The quantitative estimate of drug-likeness (QED) is 0.0169. The van der Waals surface area contributed by atoms with Crippen LogP contribution in [-0.2, 0) is 86.3 Å². The molecule has 1 aromatic heterocycles. The maximum atomic E-state index is 13.9. The van der Waals surface area contributed by atoms with Crippen LogP contribution in [0.3, 0.4) is 0 Å². The summed E-state index contributed by atoms with van der Waals surface area (Å²) in [6.45, 7) is 1.50. The van der Waals surface area contributed by atoms with Gasteiger partial charge in [-0.3, -0.25) is 58.0 Å². The number of halogens is 1. The van der Waals surface area contributed by atoms with Gasteiger partial charge in [0.2, 0.25) is 17.7 Å². The van der Waals surface area contributed by atoms with Gasteiger partial charge in [0.25, 0.3) is 0 Å². The second-order valence-electron chi connectivity index (χ2n) is 27.2. The second-order valence-corrected chi connectivity index (χ2v) is 28.8. The lowest BCUT2D eigenvalue weighted by Crippen LogP contribution is -2.53. The standard InChI is InChI=1S/C74H105IN16O24S/c75-52-17-13-50(14-18-52)41-62(93)76-24-4-2-11-57(69(105)106)82-68(104)56(10-1-6-26-78-74(116)80-53-19-15-49(16-20-53)40-55-43-89(47-66(100)101)30-29-87(45-64(96)97)27-28-88(46-65(98)99)31-32-90(55)48-67(102)103)81-61(92)23-34-113-36-38-115-39-37-114-35-33-91-44-60(85-86-91)51-8-7-9-54(42-51)79-72(111)77-25-5-3-12-58(70(107)108)83-73(112)84-59(71(109)110)21-22-63(94)95/h7-9,13-20,42,44,55-59H,1-6,10-12,21-41,43,45-48H2,(H,76,93)(H,81,92)(H,82,104)(H,94,95)(H,96,97)(H,98,99)(H,100,101)(H,102,103)(H,105,106)(H,107,108)(H,109,110)(H2,77,79,111)(H2,78,80,116)(H2,83,84,112)/t55?,56-,57-,58-,59-/m0/s1. The number of ether oxygens (including phenoxy) is 3. The number of hydrogen-bond donors (Lipinski definition) is 17. The molecule has 40 nitrogen and oxygen atoms in total. The molecule has 1 unspecified atom stereocenters. The summed E-state index contributed by atoms with van der Waals surface area (Å²) in [6.07, 6.45) is 3.35. The van der Waals surface area contributed by atoms with Crippen LogP contribution in [0.2, 0.25) is 0 Å². The highest BCUT2D eigenvalue weighted by Crippen LogP contribution is 2.22. The van der Waals surface area contributed by atoms with Gasteiger partial charge in [0.15, 0.2) is 5.11 Å². The Morgan fingerprint density at radius 2 is 1.00 bits per heavy atom. The Morgan fingerprint density at radius 3 is 1.59 bits per heavy atom. The molecule has 0 saturated carbocycles. The van der Waals surface area contributed by atoms with Crippen molar-refractivity contribution in [3.63, 3.8) is 0 Å². The first-order valence-electron chi connectivity index (χ1n) is 37.8. The number of anilines is 2. The number of aromatic nitrogens is 3. The SMILES string of the molecule is O=C(O)CC[C@H](NC(=O)N[C@@H](CCCCNC(=O)Nc1cccc(-c2cn(CCOCCOCCOCCC(=O)N[C@@H](CCCCNC(=S)Nc3ccc(CC4CN(CC(=O)O)CCN(CC(=O)O)CCN(CC(=O)O)CCN4CC(=O)O)cc3)C(=O)N[C@@H](CCCCNC(=O)Cc3ccc(I)cc3)C(=O)O)nn2)c1)C(=O)O)C(=O)O. The Kier molecular flexibility index (Phi) is 44.6. The number of carboxylic acids is 8. The highest BCUT2D eigenvalue weighted by Gasteiger charge is 2.31. The number of thiocarbonyl (C=S) groups is 1. The summed E-state index contributed by atoms with van der Waals surface area (Å²) in [7, 11) is 0. The fourth-order valence-corrected chi connectivity index (χ4v) is 12.6. The summed E-state index contributed by atoms with van der Waals surface area (Å²) in [5.74, 6) is -11.3. The number of nitrogens with one attached hydrogen (secondary N) is 9. The van der Waals surface area contributed by atoms with Crippen LogP contribution in [-0.4, -0.2) is 320 Å². The number of nitrogens with zero attached hydrogens (tertiary/aromatic N) is 7. The molecule has 638 valence electrons. The number of carbonyl (C=O) groups is 13. The average Bonchev–Trinajstić information content (AvgIpc) is 1.66. The van der Waals surface area contributed by atoms with Gasteiger partial charge in [-0.25, -0.2) is 28.7 Å². The van der Waals surface area contributed by atoms with E-state index in [9.17, 15) is 98.1 Å². The van der Waals surface area contributed by atoms with Crippen molar-refractivity contribution in [2.45, 2.75) is 127 Å². The van der Waals surface area contributed by atoms with Crippen molar-refractivity contribution >= 4 is 129 Å². The van der Waals surface area contributed by atoms with Crippen molar-refractivity contribution in [3.8, 4) is 11.3 Å². The Labute approximate surface area is 688 Å². The molecule has 2 heterocycles. The predicted molar refractivity (Wildman–Crippen MR) is 429 cm³/mol. The molecule has 3 aromatic carbocycles. The summed E-state index contributed by atoms with van der Waals surface area (Å²) >= 11 is 7.77. The number of benzene rings is 3. The van der Waals surface area contributed by atoms with Crippen molar-refractivity contribution in [1.82, 2.24) is 71.8 Å². The third kappa shape index (κ3) is 41.3. The Balaban J connectivity index is 1.04. The van der Waals surface area contributed by atoms with E-state index in [1.165, 1.54) is 0 Å². The molecule has 0 radical (unpaired) electrons. The molecule has 1 aliphatic heterocycles. The van der Waals surface area contributed by atoms with Gasteiger partial charge in [0.1, 0.15) is 29.9 Å². The van der Waals surface area contributed by atoms with Crippen LogP contribution in [0.4, 0.5) is 21.0 Å². The molecule has 42 heteroatoms. The summed E-state index contributed by atoms with van der Waals surface area (Å²) in [5.41, 5.74) is 3.79. The van der Waals surface area contributed by atoms with Gasteiger partial charge in [0.05, 0.1) is 85.0 Å². The fraction of sp³-hybridized carbons (Fsp3) is 0.541. The van der Waals surface area contributed by atoms with E-state index in [1.54, 1.807) is 79.0 Å². The molecular formula is C74H105IN16O24S. The van der Waals surface area contributed by atoms with Crippen molar-refractivity contribution in [3.05, 3.63) is 93.7 Å². The molecule has 17 N–H and O–H groups in total. The monoisotopic (exact) mass is 1760 g/mol. The van der Waals surface area contributed by atoms with E-state index >= 15 is 0 Å². The van der Waals surface area contributed by atoms with Crippen LogP contribution in [0.1, 0.15) is 88.2 Å². The van der Waals surface area contributed by atoms with E-state index in [4.69, 9.17) is 31.5 Å². The summed E-state index contributed by atoms with van der Waals surface area (Å²) in [4.78, 5) is 166. The van der Waals surface area contributed by atoms with Crippen molar-refractivity contribution in [2.75, 3.05) is 142 Å². The average molecular weight is 1760 g/mol. The van der Waals surface area contributed by atoms with E-state index in [0.29, 0.717) is 67.8 Å². The number of aliphatic carboxylic acids is 8. The smallest absolute Gasteiger partial charge is 0.326 e. The van der Waals surface area contributed by atoms with Crippen LogP contribution >= 0.6 is 34.8 Å². The van der Waals surface area contributed by atoms with Crippen molar-refractivity contribution in [2.24, 2.45) is 0 Å². The Hall–Kier alpha value is -10.4. The van der Waals surface area contributed by atoms with Gasteiger partial charge >= 0.3 is 59.8 Å². The van der Waals surface area contributed by atoms with Crippen LogP contribution in [0, 0.1) is 3.57 Å². The fourth-order valence-electron chi connectivity index (χ4n) is 12.0. The van der Waals surface area contributed by atoms with Crippen molar-refractivity contribution in [1.29, 1.82) is 0 Å². The first-order chi connectivity index (χ1) is 55.5. The molecule has 0 aliphatic carbocycles. The zero-order chi connectivity index (χ0) is 84.7. The van der Waals surface area contributed by atoms with E-state index < -0.39 is 128 Å². The maximum absolute atomic E-state index is 13.9. The molecule has 116 heavy (non-hydrogen) atoms. The van der Waals surface area contributed by atoms with Crippen LogP contribution in [0.15, 0.2) is 79.0 Å². The van der Waals surface area contributed by atoms with E-state index in [2.05, 4.69) is 80.8 Å². The lowest BCUT2D eigenvalue weighted by atomic mass is 10.0. The van der Waals surface area contributed by atoms with Gasteiger partial charge in [-0.1, -0.05) is 41.6 Å². The molecule has 5 atom stereocenters. The highest BCUT2D eigenvalue weighted by molar-refractivity contribution is 14.1. The van der Waals surface area contributed by atoms with Gasteiger partial charge in [-0.15, -0.1) is 5.10 Å². The summed E-state index contributed by atoms with van der Waals surface area (Å²) < 4.78 is 19.6. The molecule has 1 fully saturated rings. The van der Waals surface area contributed by atoms with E-state index in [1.807, 2.05) is 24.3 Å². The van der Waals surface area contributed by atoms with Gasteiger partial charge in [-0.2, -0.15) is 0 Å². The number of urea groups is 2. The number of carbonyl (C=O) groups excluding carboxylic acids is 5. The molecule has 0 spiro atoms. The third-order valence-corrected chi connectivity index (χ3v) is 18.9. The third-order valence-electron chi connectivity index (χ3n) is 17.9. The second kappa shape index (κ2) is 53.7. The minimum atomic E-state index is -1.54. The van der Waals surface area contributed by atoms with Crippen LogP contribution in [0.5, 0.6) is 0 Å². The van der Waals surface area contributed by atoms with Gasteiger partial charge in [-0.05, 0) is 153 Å². The first kappa shape index (κ1) is 96.2. The summed E-state index contributed by atoms with van der Waals surface area (Å²) in [5, 5.41) is 110. The number of rotatable bonds is 53. The number of unbranched alkanes of at least 4 members (excludes halogenated alkanes) is 3. The predicted octanol–water partition coefficient (Wildman–Crippen LogP) is 1.56. The van der Waals surface area contributed by atoms with Gasteiger partial charge in [0, 0.05) is 105 Å². The molecule has 1 saturated heterocycles. The summed E-state index contributed by atoms with van der Waals surface area (Å²) in [6, 6.07) is 13.9. The lowest BCUT2D eigenvalue weighted by molar-refractivity contribution is -0.142. The van der Waals surface area contributed by atoms with Crippen molar-refractivity contribution < 1.29 is 117 Å². The normalized spacial score (nSPS) is 14.8. The minimum absolute atomic E-state index is 0.0329. The zero-order valence-corrected chi connectivity index (χ0v) is 67.1. The largest absolute Gasteiger partial charge is 0.481 e. The topological polar surface area (TPSA) is 563 Å². The van der Waals surface area contributed by atoms with Crippen LogP contribution in [0.25, 0.3) is 11.3 Å². The molecule has 4 aromatic rings.